The van der Waals surface area contributed by atoms with Crippen molar-refractivity contribution in [3.63, 3.8) is 0 Å². The molecule has 0 saturated heterocycles. The summed E-state index contributed by atoms with van der Waals surface area (Å²) < 4.78 is 5.50. The van der Waals surface area contributed by atoms with E-state index in [1.165, 1.54) is 0 Å². The summed E-state index contributed by atoms with van der Waals surface area (Å²) in [7, 11) is 0. The van der Waals surface area contributed by atoms with Gasteiger partial charge < -0.3 is 15.4 Å². The molecule has 2 aromatic carbocycles. The summed E-state index contributed by atoms with van der Waals surface area (Å²) in [5.74, 6) is 0.568. The van der Waals surface area contributed by atoms with Crippen molar-refractivity contribution in [1.29, 1.82) is 0 Å². The van der Waals surface area contributed by atoms with Gasteiger partial charge in [0.2, 0.25) is 0 Å². The third-order valence-corrected chi connectivity index (χ3v) is 3.73. The number of rotatable bonds is 3. The lowest BCUT2D eigenvalue weighted by Gasteiger charge is -2.17. The summed E-state index contributed by atoms with van der Waals surface area (Å²) >= 11 is 5.81. The number of benzene rings is 2. The van der Waals surface area contributed by atoms with Crippen molar-refractivity contribution in [3.05, 3.63) is 53.1 Å². The number of fused-ring (bicyclic) bond motifs is 1. The minimum absolute atomic E-state index is 0.00541. The first-order valence-corrected chi connectivity index (χ1v) is 7.08. The van der Waals surface area contributed by atoms with Gasteiger partial charge in [0.1, 0.15) is 5.75 Å². The quantitative estimate of drug-likeness (QED) is 0.887. The third-order valence-electron chi connectivity index (χ3n) is 3.48. The number of nitrogens with two attached hydrogens (primary N) is 1. The first-order chi connectivity index (χ1) is 10.1. The Kier molecular flexibility index (Phi) is 3.71. The van der Waals surface area contributed by atoms with Gasteiger partial charge in [-0.25, -0.2) is 0 Å². The van der Waals surface area contributed by atoms with Gasteiger partial charge in [-0.1, -0.05) is 11.6 Å². The lowest BCUT2D eigenvalue weighted by atomic mass is 10.1. The average molecular weight is 303 g/mol. The Balaban J connectivity index is 1.66. The Bertz CT molecular complexity index is 670. The predicted molar refractivity (Wildman–Crippen MR) is 83.9 cm³/mol. The van der Waals surface area contributed by atoms with Crippen LogP contribution in [0, 0.1) is 0 Å². The number of anilines is 2. The summed E-state index contributed by atoms with van der Waals surface area (Å²) in [4.78, 5) is 14.0. The van der Waals surface area contributed by atoms with Gasteiger partial charge in [-0.2, -0.15) is 0 Å². The van der Waals surface area contributed by atoms with Crippen molar-refractivity contribution >= 4 is 28.9 Å². The van der Waals surface area contributed by atoms with Crippen LogP contribution >= 0.6 is 11.6 Å². The third kappa shape index (κ3) is 2.95. The van der Waals surface area contributed by atoms with Crippen molar-refractivity contribution in [2.24, 2.45) is 0 Å². The van der Waals surface area contributed by atoms with Gasteiger partial charge in [-0.15, -0.1) is 0 Å². The Morgan fingerprint density at radius 1 is 1.24 bits per heavy atom. The van der Waals surface area contributed by atoms with E-state index in [1.54, 1.807) is 29.2 Å². The summed E-state index contributed by atoms with van der Waals surface area (Å²) in [6.45, 7) is 0.674. The molecular weight excluding hydrogens is 288 g/mol. The van der Waals surface area contributed by atoms with Gasteiger partial charge in [-0.05, 0) is 54.4 Å². The molecule has 4 nitrogen and oxygen atoms in total. The Morgan fingerprint density at radius 3 is 2.76 bits per heavy atom. The molecule has 0 atom stereocenters. The molecule has 0 aromatic heterocycles. The smallest absolute Gasteiger partial charge is 0.264 e. The predicted octanol–water partition coefficient (Wildman–Crippen LogP) is 2.89. The molecule has 1 amide bonds. The lowest BCUT2D eigenvalue weighted by Crippen LogP contribution is -2.33. The van der Waals surface area contributed by atoms with Gasteiger partial charge in [-0.3, -0.25) is 4.79 Å². The number of amides is 1. The maximum absolute atomic E-state index is 12.3. The van der Waals surface area contributed by atoms with Crippen molar-refractivity contribution in [2.45, 2.75) is 6.42 Å². The maximum atomic E-state index is 12.3. The van der Waals surface area contributed by atoms with Crippen molar-refractivity contribution in [3.8, 4) is 5.75 Å². The molecule has 1 aliphatic rings. The van der Waals surface area contributed by atoms with Crippen LogP contribution in [0.4, 0.5) is 11.4 Å². The summed E-state index contributed by atoms with van der Waals surface area (Å²) in [6, 6.07) is 12.6. The van der Waals surface area contributed by atoms with E-state index in [4.69, 9.17) is 22.1 Å². The summed E-state index contributed by atoms with van der Waals surface area (Å²) in [5.41, 5.74) is 8.51. The van der Waals surface area contributed by atoms with Gasteiger partial charge in [0.05, 0.1) is 0 Å². The van der Waals surface area contributed by atoms with Crippen LogP contribution in [0.2, 0.25) is 5.02 Å². The number of nitrogens with zero attached hydrogens (tertiary/aromatic N) is 1. The summed E-state index contributed by atoms with van der Waals surface area (Å²) in [5, 5.41) is 0.639. The van der Waals surface area contributed by atoms with E-state index in [0.717, 1.165) is 23.4 Å². The number of hydrogen-bond donors (Lipinski definition) is 1. The van der Waals surface area contributed by atoms with E-state index in [9.17, 15) is 4.79 Å². The minimum atomic E-state index is -0.0616. The molecule has 0 saturated carbocycles. The summed E-state index contributed by atoms with van der Waals surface area (Å²) in [6.07, 6.45) is 0.826. The number of hydrogen-bond acceptors (Lipinski definition) is 3. The highest BCUT2D eigenvalue weighted by Gasteiger charge is 2.24. The second-order valence-electron chi connectivity index (χ2n) is 4.93. The Morgan fingerprint density at radius 2 is 2.00 bits per heavy atom. The van der Waals surface area contributed by atoms with Gasteiger partial charge in [0, 0.05) is 22.9 Å². The first kappa shape index (κ1) is 13.8. The monoisotopic (exact) mass is 302 g/mol. The number of nitrogen functional groups attached to an aromatic ring is 1. The van der Waals surface area contributed by atoms with Crippen molar-refractivity contribution in [1.82, 2.24) is 0 Å². The largest absolute Gasteiger partial charge is 0.484 e. The molecule has 5 heteroatoms. The molecule has 1 aliphatic heterocycles. The van der Waals surface area contributed by atoms with E-state index >= 15 is 0 Å². The molecule has 0 unspecified atom stereocenters. The molecule has 108 valence electrons. The van der Waals surface area contributed by atoms with Crippen LogP contribution in [0.1, 0.15) is 5.56 Å². The number of carbonyl (C=O) groups is 1. The van der Waals surface area contributed by atoms with E-state index in [1.807, 2.05) is 18.2 Å². The second-order valence-corrected chi connectivity index (χ2v) is 5.36. The van der Waals surface area contributed by atoms with Gasteiger partial charge in [0.25, 0.3) is 5.91 Å². The zero-order chi connectivity index (χ0) is 14.8. The highest BCUT2D eigenvalue weighted by atomic mass is 35.5. The normalized spacial score (nSPS) is 13.1. The molecule has 21 heavy (non-hydrogen) atoms. The molecule has 0 bridgehead atoms. The van der Waals surface area contributed by atoms with Crippen LogP contribution < -0.4 is 15.4 Å². The molecule has 0 radical (unpaired) electrons. The molecule has 0 fully saturated rings. The Hall–Kier alpha value is -2.20. The van der Waals surface area contributed by atoms with E-state index in [-0.39, 0.29) is 12.5 Å². The van der Waals surface area contributed by atoms with E-state index in [0.29, 0.717) is 17.3 Å². The Labute approximate surface area is 128 Å². The number of ether oxygens (including phenoxy) is 1. The van der Waals surface area contributed by atoms with Crippen LogP contribution in [0.25, 0.3) is 0 Å². The van der Waals surface area contributed by atoms with Crippen molar-refractivity contribution < 1.29 is 9.53 Å². The highest BCUT2D eigenvalue weighted by Crippen LogP contribution is 2.29. The van der Waals surface area contributed by atoms with Crippen LogP contribution in [0.3, 0.4) is 0 Å². The average Bonchev–Trinajstić information content (AvgIpc) is 2.89. The van der Waals surface area contributed by atoms with E-state index < -0.39 is 0 Å². The van der Waals surface area contributed by atoms with Crippen LogP contribution in [0.5, 0.6) is 5.75 Å². The molecular formula is C16H15ClN2O2. The zero-order valence-corrected chi connectivity index (χ0v) is 12.1. The van der Waals surface area contributed by atoms with Gasteiger partial charge >= 0.3 is 0 Å². The highest BCUT2D eigenvalue weighted by molar-refractivity contribution is 6.30. The lowest BCUT2D eigenvalue weighted by molar-refractivity contribution is -0.120. The minimum Gasteiger partial charge on any atom is -0.484 e. The molecule has 0 aliphatic carbocycles. The zero-order valence-electron chi connectivity index (χ0n) is 11.4. The standard InChI is InChI=1S/C16H15ClN2O2/c17-12-1-4-14(5-2-12)21-10-16(20)19-8-7-11-9-13(18)3-6-15(11)19/h1-6,9H,7-8,10,18H2. The molecule has 2 aromatic rings. The van der Waals surface area contributed by atoms with Crippen LogP contribution in [0.15, 0.2) is 42.5 Å². The fraction of sp³-hybridized carbons (Fsp3) is 0.188. The number of carbonyl (C=O) groups excluding carboxylic acids is 1. The fourth-order valence-electron chi connectivity index (χ4n) is 2.43. The van der Waals surface area contributed by atoms with Gasteiger partial charge in [0.15, 0.2) is 6.61 Å². The first-order valence-electron chi connectivity index (χ1n) is 6.70. The molecule has 2 N–H and O–H groups in total. The van der Waals surface area contributed by atoms with Crippen molar-refractivity contribution in [2.75, 3.05) is 23.8 Å². The fourth-order valence-corrected chi connectivity index (χ4v) is 2.56. The maximum Gasteiger partial charge on any atom is 0.264 e. The number of halogens is 1. The molecule has 3 rings (SSSR count). The topological polar surface area (TPSA) is 55.6 Å². The molecule has 1 heterocycles. The molecule has 0 spiro atoms. The van der Waals surface area contributed by atoms with Crippen LogP contribution in [-0.4, -0.2) is 19.1 Å². The van der Waals surface area contributed by atoms with E-state index in [2.05, 4.69) is 0 Å². The SMILES string of the molecule is Nc1ccc2c(c1)CCN2C(=O)COc1ccc(Cl)cc1. The van der Waals surface area contributed by atoms with Crippen LogP contribution in [-0.2, 0) is 11.2 Å². The second kappa shape index (κ2) is 5.66.